The van der Waals surface area contributed by atoms with Crippen molar-refractivity contribution in [3.8, 4) is 0 Å². The van der Waals surface area contributed by atoms with E-state index < -0.39 is 63.0 Å². The van der Waals surface area contributed by atoms with Crippen LogP contribution in [0.5, 0.6) is 0 Å². The Balaban J connectivity index is 1.57. The third-order valence-electron chi connectivity index (χ3n) is 5.57. The van der Waals surface area contributed by atoms with E-state index in [9.17, 15) is 42.6 Å². The number of nitrogens with zero attached hydrogens (tertiary/aromatic N) is 3. The molecule has 0 amide bonds. The molecule has 0 spiro atoms. The van der Waals surface area contributed by atoms with Crippen LogP contribution in [-0.2, 0) is 24.9 Å². The number of fused-ring (bicyclic) bond motifs is 1. The second kappa shape index (κ2) is 9.62. The van der Waals surface area contributed by atoms with Crippen LogP contribution in [0, 0.1) is 0 Å². The van der Waals surface area contributed by atoms with Crippen LogP contribution in [0.4, 0.5) is 8.78 Å². The van der Waals surface area contributed by atoms with E-state index in [0.29, 0.717) is 15.5 Å². The number of alkyl halides is 2. The summed E-state index contributed by atoms with van der Waals surface area (Å²) in [6.07, 6.45) is -6.44. The number of ether oxygens (including phenoxy) is 1. The van der Waals surface area contributed by atoms with Crippen molar-refractivity contribution in [2.75, 3.05) is 6.61 Å². The predicted molar refractivity (Wildman–Crippen MR) is 117 cm³/mol. The summed E-state index contributed by atoms with van der Waals surface area (Å²) in [4.78, 5) is 52.1. The first-order valence-corrected chi connectivity index (χ1v) is 13.4. The number of aliphatic hydroxyl groups excluding tert-OH is 2. The highest BCUT2D eigenvalue weighted by atomic mass is 31.2. The number of para-hydroxylation sites is 1. The molecule has 1 aliphatic heterocycles. The normalized spacial score (nSPS) is 24.4. The maximum Gasteiger partial charge on any atom is 0.443 e. The van der Waals surface area contributed by atoms with Gasteiger partial charge in [0.1, 0.15) is 24.0 Å². The number of benzene rings is 1. The van der Waals surface area contributed by atoms with Crippen LogP contribution in [0.3, 0.4) is 0 Å². The van der Waals surface area contributed by atoms with Gasteiger partial charge in [0.05, 0.1) is 13.2 Å². The quantitative estimate of drug-likeness (QED) is 0.221. The topological polar surface area (TPSA) is 224 Å². The minimum absolute atomic E-state index is 0.233. The van der Waals surface area contributed by atoms with Crippen molar-refractivity contribution in [3.05, 3.63) is 63.1 Å². The number of aliphatic hydroxyl groups is 2. The van der Waals surface area contributed by atoms with Gasteiger partial charge in [-0.15, -0.1) is 0 Å². The molecule has 0 aliphatic carbocycles. The maximum absolute atomic E-state index is 13.6. The molecule has 5 unspecified atom stereocenters. The fourth-order valence-corrected chi connectivity index (χ4v) is 5.58. The Morgan fingerprint density at radius 1 is 1.08 bits per heavy atom. The van der Waals surface area contributed by atoms with E-state index in [0.717, 1.165) is 16.8 Å². The lowest BCUT2D eigenvalue weighted by Gasteiger charge is -2.24. The van der Waals surface area contributed by atoms with Gasteiger partial charge in [0.25, 0.3) is 5.56 Å². The van der Waals surface area contributed by atoms with Crippen molar-refractivity contribution >= 4 is 26.2 Å². The van der Waals surface area contributed by atoms with Gasteiger partial charge in [-0.3, -0.25) is 23.1 Å². The molecule has 0 radical (unpaired) electrons. The predicted octanol–water partition coefficient (Wildman–Crippen LogP) is -0.251. The van der Waals surface area contributed by atoms with Crippen molar-refractivity contribution in [2.45, 2.75) is 36.5 Å². The van der Waals surface area contributed by atoms with Crippen molar-refractivity contribution < 1.29 is 56.6 Å². The average Bonchev–Trinajstić information content (AvgIpc) is 3.35. The first-order valence-electron chi connectivity index (χ1n) is 10.2. The highest BCUT2D eigenvalue weighted by Crippen LogP contribution is 2.73. The summed E-state index contributed by atoms with van der Waals surface area (Å²) in [5.74, 6) is 0. The van der Waals surface area contributed by atoms with Crippen molar-refractivity contribution in [1.29, 1.82) is 0 Å². The van der Waals surface area contributed by atoms with Gasteiger partial charge < -0.3 is 38.7 Å². The SMILES string of the molecule is O=c1ccn(C2OC(COP(=O)(O)C(F)(F)P(=O)(O)O)C(O)C2O)c(=O)n1Cc1noc2ccccc12. The molecule has 1 saturated heterocycles. The summed E-state index contributed by atoms with van der Waals surface area (Å²) in [6.45, 7) is -1.67. The molecule has 19 heteroatoms. The van der Waals surface area contributed by atoms with Gasteiger partial charge in [-0.2, -0.15) is 8.78 Å². The lowest BCUT2D eigenvalue weighted by Crippen LogP contribution is -2.43. The van der Waals surface area contributed by atoms with Gasteiger partial charge in [-0.1, -0.05) is 17.3 Å². The summed E-state index contributed by atoms with van der Waals surface area (Å²) in [7, 11) is -12.7. The fourth-order valence-electron chi connectivity index (χ4n) is 3.59. The van der Waals surface area contributed by atoms with E-state index in [2.05, 4.69) is 9.68 Å². The van der Waals surface area contributed by atoms with Gasteiger partial charge in [-0.25, -0.2) is 4.79 Å². The molecule has 5 atom stereocenters. The Hall–Kier alpha value is -2.59. The molecule has 0 bridgehead atoms. The number of halogens is 2. The Kier molecular flexibility index (Phi) is 7.13. The van der Waals surface area contributed by atoms with E-state index in [1.165, 1.54) is 0 Å². The minimum atomic E-state index is -6.41. The number of rotatable bonds is 8. The molecule has 0 saturated carbocycles. The molecule has 202 valence electrons. The zero-order valence-corrected chi connectivity index (χ0v) is 20.1. The van der Waals surface area contributed by atoms with Crippen molar-refractivity contribution in [1.82, 2.24) is 14.3 Å². The molecule has 1 aromatic carbocycles. The zero-order valence-electron chi connectivity index (χ0n) is 18.3. The Labute approximate surface area is 203 Å². The van der Waals surface area contributed by atoms with Crippen LogP contribution < -0.4 is 11.2 Å². The Morgan fingerprint density at radius 2 is 1.76 bits per heavy atom. The monoisotopic (exact) mass is 569 g/mol. The lowest BCUT2D eigenvalue weighted by molar-refractivity contribution is -0.0551. The third-order valence-corrected chi connectivity index (χ3v) is 8.99. The van der Waals surface area contributed by atoms with E-state index in [1.54, 1.807) is 24.3 Å². The molecule has 3 heterocycles. The van der Waals surface area contributed by atoms with E-state index in [-0.39, 0.29) is 12.2 Å². The number of aromatic nitrogens is 3. The molecule has 3 aromatic rings. The van der Waals surface area contributed by atoms with Crippen LogP contribution in [0.15, 0.2) is 50.6 Å². The zero-order chi connectivity index (χ0) is 27.3. The highest BCUT2D eigenvalue weighted by molar-refractivity contribution is 7.72. The highest BCUT2D eigenvalue weighted by Gasteiger charge is 2.65. The molecule has 5 N–H and O–H groups in total. The molecule has 2 aromatic heterocycles. The van der Waals surface area contributed by atoms with E-state index >= 15 is 0 Å². The largest absolute Gasteiger partial charge is 0.443 e. The molecule has 37 heavy (non-hydrogen) atoms. The summed E-state index contributed by atoms with van der Waals surface area (Å²) in [6, 6.07) is 7.58. The van der Waals surface area contributed by atoms with Gasteiger partial charge in [-0.05, 0) is 12.1 Å². The summed E-state index contributed by atoms with van der Waals surface area (Å²) in [5.41, 5.74) is -1.16. The number of hydrogen-bond acceptors (Lipinski definition) is 10. The standard InChI is InChI=1S/C18H19F2N3O12P2/c19-18(20,36(28,29)30)37(31,32)33-8-12-14(25)15(26)16(34-12)22-6-5-13(24)23(17(22)27)7-10-9-3-1-2-4-11(9)35-21-10/h1-6,12,14-16,25-26H,7-8H2,(H,31,32)(H2,28,29,30). The van der Waals surface area contributed by atoms with Crippen LogP contribution >= 0.6 is 15.2 Å². The average molecular weight is 569 g/mol. The maximum atomic E-state index is 13.6. The molecule has 1 aliphatic rings. The van der Waals surface area contributed by atoms with E-state index in [4.69, 9.17) is 19.0 Å². The van der Waals surface area contributed by atoms with Crippen molar-refractivity contribution in [2.24, 2.45) is 0 Å². The van der Waals surface area contributed by atoms with Crippen LogP contribution in [0.2, 0.25) is 0 Å². The summed E-state index contributed by atoms with van der Waals surface area (Å²) in [5, 5.41) is 19.5. The lowest BCUT2D eigenvalue weighted by atomic mass is 10.1. The van der Waals surface area contributed by atoms with Crippen LogP contribution in [-0.4, -0.2) is 69.5 Å². The van der Waals surface area contributed by atoms with Gasteiger partial charge in [0.2, 0.25) is 0 Å². The van der Waals surface area contributed by atoms with Crippen LogP contribution in [0.25, 0.3) is 11.0 Å². The molecule has 1 fully saturated rings. The smallest absolute Gasteiger partial charge is 0.387 e. The van der Waals surface area contributed by atoms with Gasteiger partial charge in [0, 0.05) is 17.6 Å². The van der Waals surface area contributed by atoms with Crippen molar-refractivity contribution in [3.63, 3.8) is 0 Å². The third kappa shape index (κ3) is 4.85. The van der Waals surface area contributed by atoms with Crippen LogP contribution in [0.1, 0.15) is 11.9 Å². The van der Waals surface area contributed by atoms with Gasteiger partial charge >= 0.3 is 26.3 Å². The molecular weight excluding hydrogens is 550 g/mol. The second-order valence-electron chi connectivity index (χ2n) is 7.97. The number of hydrogen-bond donors (Lipinski definition) is 5. The fraction of sp³-hybridized carbons (Fsp3) is 0.389. The second-order valence-corrected chi connectivity index (χ2v) is 11.8. The molecule has 15 nitrogen and oxygen atoms in total. The molecule has 4 rings (SSSR count). The minimum Gasteiger partial charge on any atom is -0.387 e. The Bertz CT molecular complexity index is 1530. The summed E-state index contributed by atoms with van der Waals surface area (Å²) >= 11 is 0. The Morgan fingerprint density at radius 3 is 2.43 bits per heavy atom. The molecular formula is C18H19F2N3O12P2. The van der Waals surface area contributed by atoms with E-state index in [1.807, 2.05) is 0 Å². The first kappa shape index (κ1) is 27.4. The van der Waals surface area contributed by atoms with Gasteiger partial charge in [0.15, 0.2) is 11.8 Å². The first-order chi connectivity index (χ1) is 17.2. The summed E-state index contributed by atoms with van der Waals surface area (Å²) < 4.78 is 65.8.